The summed E-state index contributed by atoms with van der Waals surface area (Å²) in [6, 6.07) is 17.0. The Morgan fingerprint density at radius 1 is 0.778 bits per heavy atom. The fraction of sp³-hybridized carbons (Fsp3) is 0.529. The molecule has 3 aliphatic heterocycles. The molecule has 4 heterocycles. The van der Waals surface area contributed by atoms with Crippen molar-refractivity contribution in [3.63, 3.8) is 0 Å². The summed E-state index contributed by atoms with van der Waals surface area (Å²) in [4.78, 5) is 36.9. The van der Waals surface area contributed by atoms with Crippen LogP contribution < -0.4 is 25.3 Å². The Labute approximate surface area is 267 Å². The fourth-order valence-electron chi connectivity index (χ4n) is 6.73. The highest BCUT2D eigenvalue weighted by molar-refractivity contribution is 5.99. The zero-order chi connectivity index (χ0) is 31.5. The summed E-state index contributed by atoms with van der Waals surface area (Å²) in [7, 11) is 4.31. The van der Waals surface area contributed by atoms with E-state index in [2.05, 4.69) is 77.2 Å². The molecule has 3 saturated heterocycles. The molecule has 45 heavy (non-hydrogen) atoms. The molecule has 3 atom stereocenters. The van der Waals surface area contributed by atoms with Gasteiger partial charge in [-0.05, 0) is 109 Å². The Kier molecular flexibility index (Phi) is 9.37. The van der Waals surface area contributed by atoms with Crippen molar-refractivity contribution < 1.29 is 9.53 Å². The Morgan fingerprint density at radius 2 is 1.38 bits per heavy atom. The Bertz CT molecular complexity index is 1430. The first-order valence-electron chi connectivity index (χ1n) is 16.3. The van der Waals surface area contributed by atoms with Crippen LogP contribution >= 0.6 is 0 Å². The van der Waals surface area contributed by atoms with Crippen molar-refractivity contribution in [2.24, 2.45) is 0 Å². The SMILES string of the molecule is CC1COCCN1c1nc(-c2ccc(NC(=O)Nc3ccc(N4CCC(N(C)C)CC4)cc3)cc2)nc(N2[C@H](C)CC[C@@H]2C)n1. The van der Waals surface area contributed by atoms with E-state index >= 15 is 0 Å². The number of nitrogens with zero attached hydrogens (tertiary/aromatic N) is 7. The molecule has 3 aromatic rings. The first-order chi connectivity index (χ1) is 21.7. The number of urea groups is 1. The summed E-state index contributed by atoms with van der Waals surface area (Å²) in [5.41, 5.74) is 3.50. The quantitative estimate of drug-likeness (QED) is 0.367. The van der Waals surface area contributed by atoms with E-state index in [1.807, 2.05) is 36.4 Å². The van der Waals surface area contributed by atoms with Gasteiger partial charge in [-0.25, -0.2) is 4.79 Å². The maximum atomic E-state index is 12.8. The van der Waals surface area contributed by atoms with Crippen LogP contribution in [0.3, 0.4) is 0 Å². The van der Waals surface area contributed by atoms with Crippen LogP contribution in [0.25, 0.3) is 11.4 Å². The van der Waals surface area contributed by atoms with Crippen molar-refractivity contribution >= 4 is 35.0 Å². The number of rotatable bonds is 7. The van der Waals surface area contributed by atoms with Gasteiger partial charge in [0.1, 0.15) is 0 Å². The van der Waals surface area contributed by atoms with Crippen LogP contribution in [0.2, 0.25) is 0 Å². The molecular formula is C34H47N9O2. The number of nitrogens with one attached hydrogen (secondary N) is 2. The maximum Gasteiger partial charge on any atom is 0.323 e. The summed E-state index contributed by atoms with van der Waals surface area (Å²) in [6.07, 6.45) is 4.56. The van der Waals surface area contributed by atoms with E-state index in [-0.39, 0.29) is 12.1 Å². The van der Waals surface area contributed by atoms with Crippen LogP contribution in [0.5, 0.6) is 0 Å². The lowest BCUT2D eigenvalue weighted by molar-refractivity contribution is 0.0981. The number of morpholine rings is 1. The van der Waals surface area contributed by atoms with Crippen LogP contribution in [-0.2, 0) is 4.74 Å². The van der Waals surface area contributed by atoms with Gasteiger partial charge >= 0.3 is 6.03 Å². The first-order valence-corrected chi connectivity index (χ1v) is 16.3. The molecule has 11 heteroatoms. The average molecular weight is 614 g/mol. The van der Waals surface area contributed by atoms with Crippen molar-refractivity contribution in [3.05, 3.63) is 48.5 Å². The third kappa shape index (κ3) is 7.15. The molecule has 3 aliphatic rings. The van der Waals surface area contributed by atoms with E-state index in [0.29, 0.717) is 48.8 Å². The lowest BCUT2D eigenvalue weighted by atomic mass is 10.0. The Morgan fingerprint density at radius 3 is 1.98 bits per heavy atom. The van der Waals surface area contributed by atoms with E-state index in [9.17, 15) is 4.79 Å². The van der Waals surface area contributed by atoms with Crippen LogP contribution in [-0.4, -0.2) is 97.0 Å². The smallest absolute Gasteiger partial charge is 0.323 e. The van der Waals surface area contributed by atoms with Gasteiger partial charge in [-0.15, -0.1) is 0 Å². The number of carbonyl (C=O) groups is 1. The highest BCUT2D eigenvalue weighted by atomic mass is 16.5. The minimum Gasteiger partial charge on any atom is -0.377 e. The number of hydrogen-bond donors (Lipinski definition) is 2. The van der Waals surface area contributed by atoms with E-state index in [1.54, 1.807) is 0 Å². The largest absolute Gasteiger partial charge is 0.377 e. The van der Waals surface area contributed by atoms with E-state index < -0.39 is 0 Å². The number of piperidine rings is 1. The standard InChI is InChI=1S/C34H47N9O2/c1-23-6-7-24(2)43(23)33-38-31(37-32(39-33)42-20-21-45-22-25(42)3)26-8-10-27(11-9-26)35-34(44)36-28-12-14-30(15-13-28)41-18-16-29(17-19-41)40(4)5/h8-15,23-25,29H,6-7,16-22H2,1-5H3,(H2,35,36,44)/t23-,24+,25?. The summed E-state index contributed by atoms with van der Waals surface area (Å²) < 4.78 is 5.67. The highest BCUT2D eigenvalue weighted by Crippen LogP contribution is 2.31. The van der Waals surface area contributed by atoms with Crippen LogP contribution in [0, 0.1) is 0 Å². The summed E-state index contributed by atoms with van der Waals surface area (Å²) in [5, 5.41) is 5.90. The molecule has 0 spiro atoms. The molecule has 1 unspecified atom stereocenters. The van der Waals surface area contributed by atoms with E-state index in [4.69, 9.17) is 19.7 Å². The molecular weight excluding hydrogens is 566 g/mol. The zero-order valence-corrected chi connectivity index (χ0v) is 27.2. The molecule has 6 rings (SSSR count). The van der Waals surface area contributed by atoms with E-state index in [0.717, 1.165) is 62.5 Å². The second-order valence-corrected chi connectivity index (χ2v) is 12.9. The van der Waals surface area contributed by atoms with Crippen molar-refractivity contribution in [1.29, 1.82) is 0 Å². The number of ether oxygens (including phenoxy) is 1. The van der Waals surface area contributed by atoms with Gasteiger partial charge in [0.2, 0.25) is 11.9 Å². The number of hydrogen-bond acceptors (Lipinski definition) is 9. The number of aromatic nitrogens is 3. The van der Waals surface area contributed by atoms with Crippen LogP contribution in [0.15, 0.2) is 48.5 Å². The molecule has 11 nitrogen and oxygen atoms in total. The minimum atomic E-state index is -0.287. The number of carbonyl (C=O) groups excluding carboxylic acids is 1. The highest BCUT2D eigenvalue weighted by Gasteiger charge is 2.32. The molecule has 2 N–H and O–H groups in total. The monoisotopic (exact) mass is 613 g/mol. The normalized spacial score (nSPS) is 22.6. The molecule has 2 aromatic carbocycles. The topological polar surface area (TPSA) is 102 Å². The van der Waals surface area contributed by atoms with Gasteiger partial charge in [0, 0.05) is 60.4 Å². The van der Waals surface area contributed by atoms with Gasteiger partial charge in [-0.3, -0.25) is 0 Å². The predicted molar refractivity (Wildman–Crippen MR) is 182 cm³/mol. The van der Waals surface area contributed by atoms with E-state index in [1.165, 1.54) is 5.69 Å². The molecule has 0 aliphatic carbocycles. The van der Waals surface area contributed by atoms with Gasteiger partial charge < -0.3 is 35.0 Å². The lowest BCUT2D eigenvalue weighted by Crippen LogP contribution is -2.45. The lowest BCUT2D eigenvalue weighted by Gasteiger charge is -2.36. The van der Waals surface area contributed by atoms with Crippen molar-refractivity contribution in [1.82, 2.24) is 19.9 Å². The number of anilines is 5. The summed E-state index contributed by atoms with van der Waals surface area (Å²) in [5.74, 6) is 2.03. The minimum absolute atomic E-state index is 0.178. The van der Waals surface area contributed by atoms with Gasteiger partial charge in [-0.1, -0.05) is 0 Å². The molecule has 1 aromatic heterocycles. The van der Waals surface area contributed by atoms with Crippen molar-refractivity contribution in [3.8, 4) is 11.4 Å². The second-order valence-electron chi connectivity index (χ2n) is 12.9. The average Bonchev–Trinajstić information content (AvgIpc) is 3.39. The second kappa shape index (κ2) is 13.6. The molecule has 2 amide bonds. The van der Waals surface area contributed by atoms with Gasteiger partial charge in [-0.2, -0.15) is 15.0 Å². The van der Waals surface area contributed by atoms with Gasteiger partial charge in [0.25, 0.3) is 0 Å². The van der Waals surface area contributed by atoms with Crippen molar-refractivity contribution in [2.75, 3.05) is 72.3 Å². The summed E-state index contributed by atoms with van der Waals surface area (Å²) >= 11 is 0. The zero-order valence-electron chi connectivity index (χ0n) is 27.2. The number of amides is 2. The predicted octanol–water partition coefficient (Wildman–Crippen LogP) is 5.32. The summed E-state index contributed by atoms with van der Waals surface area (Å²) in [6.45, 7) is 10.7. The van der Waals surface area contributed by atoms with Crippen molar-refractivity contribution in [2.45, 2.75) is 70.6 Å². The van der Waals surface area contributed by atoms with Crippen LogP contribution in [0.4, 0.5) is 33.8 Å². The maximum absolute atomic E-state index is 12.8. The molecule has 0 saturated carbocycles. The molecule has 0 radical (unpaired) electrons. The Hall–Kier alpha value is -3.96. The number of benzene rings is 2. The Balaban J connectivity index is 1.12. The molecule has 0 bridgehead atoms. The molecule has 240 valence electrons. The van der Waals surface area contributed by atoms with Gasteiger partial charge in [0.05, 0.1) is 19.3 Å². The first kappa shape index (κ1) is 31.0. The third-order valence-corrected chi connectivity index (χ3v) is 9.51. The fourth-order valence-corrected chi connectivity index (χ4v) is 6.73. The van der Waals surface area contributed by atoms with Gasteiger partial charge in [0.15, 0.2) is 5.82 Å². The van der Waals surface area contributed by atoms with Crippen LogP contribution in [0.1, 0.15) is 46.5 Å². The third-order valence-electron chi connectivity index (χ3n) is 9.51. The molecule has 3 fully saturated rings.